The Balaban J connectivity index is 2.03. The second-order valence-electron chi connectivity index (χ2n) is 5.00. The van der Waals surface area contributed by atoms with E-state index in [2.05, 4.69) is 14.9 Å². The molecule has 0 atom stereocenters. The number of aliphatic carboxylic acids is 1. The Bertz CT molecular complexity index is 448. The van der Waals surface area contributed by atoms with Gasteiger partial charge in [-0.2, -0.15) is 0 Å². The van der Waals surface area contributed by atoms with Crippen LogP contribution in [-0.2, 0) is 4.79 Å². The van der Waals surface area contributed by atoms with Crippen molar-refractivity contribution < 1.29 is 9.90 Å². The van der Waals surface area contributed by atoms with E-state index in [9.17, 15) is 4.79 Å². The van der Waals surface area contributed by atoms with Gasteiger partial charge in [0.2, 0.25) is 0 Å². The van der Waals surface area contributed by atoms with Crippen LogP contribution < -0.4 is 9.80 Å². The molecule has 1 fully saturated rings. The Kier molecular flexibility index (Phi) is 4.19. The maximum absolute atomic E-state index is 10.6. The van der Waals surface area contributed by atoms with E-state index in [1.807, 2.05) is 25.1 Å². The Labute approximate surface area is 113 Å². The third-order valence-corrected chi connectivity index (χ3v) is 3.67. The molecule has 104 valence electrons. The average molecular weight is 264 g/mol. The minimum absolute atomic E-state index is 0.105. The second kappa shape index (κ2) is 5.86. The molecule has 1 aromatic rings. The van der Waals surface area contributed by atoms with E-state index in [-0.39, 0.29) is 6.42 Å². The first-order chi connectivity index (χ1) is 9.08. The van der Waals surface area contributed by atoms with Crippen LogP contribution >= 0.6 is 0 Å². The van der Waals surface area contributed by atoms with Gasteiger partial charge < -0.3 is 14.9 Å². The van der Waals surface area contributed by atoms with Crippen molar-refractivity contribution in [2.75, 3.05) is 30.4 Å². The van der Waals surface area contributed by atoms with E-state index in [1.165, 1.54) is 25.6 Å². The summed E-state index contributed by atoms with van der Waals surface area (Å²) in [4.78, 5) is 23.1. The summed E-state index contributed by atoms with van der Waals surface area (Å²) in [5, 5.41) is 8.70. The number of carboxylic acids is 1. The zero-order valence-corrected chi connectivity index (χ0v) is 11.4. The van der Waals surface area contributed by atoms with Crippen molar-refractivity contribution in [3.63, 3.8) is 0 Å². The number of carboxylic acid groups (broad SMARTS) is 1. The van der Waals surface area contributed by atoms with Crippen molar-refractivity contribution in [1.82, 2.24) is 9.97 Å². The summed E-state index contributed by atoms with van der Waals surface area (Å²) in [7, 11) is 3.89. The normalized spacial score (nSPS) is 14.8. The molecule has 1 aromatic heterocycles. The van der Waals surface area contributed by atoms with Gasteiger partial charge in [0.05, 0.1) is 6.42 Å². The van der Waals surface area contributed by atoms with Gasteiger partial charge in [0, 0.05) is 32.7 Å². The molecule has 19 heavy (non-hydrogen) atoms. The molecule has 0 unspecified atom stereocenters. The smallest absolute Gasteiger partial charge is 0.305 e. The van der Waals surface area contributed by atoms with Crippen LogP contribution in [0.15, 0.2) is 12.4 Å². The van der Waals surface area contributed by atoms with Crippen molar-refractivity contribution in [3.8, 4) is 0 Å². The lowest BCUT2D eigenvalue weighted by atomic mass is 9.92. The molecule has 0 aliphatic heterocycles. The largest absolute Gasteiger partial charge is 0.481 e. The molecule has 0 saturated heterocycles. The lowest BCUT2D eigenvalue weighted by molar-refractivity contribution is -0.136. The Hall–Kier alpha value is -1.85. The van der Waals surface area contributed by atoms with Crippen molar-refractivity contribution >= 4 is 17.6 Å². The van der Waals surface area contributed by atoms with Crippen LogP contribution in [0.25, 0.3) is 0 Å². The highest BCUT2D eigenvalue weighted by Crippen LogP contribution is 2.27. The Morgan fingerprint density at radius 3 is 2.63 bits per heavy atom. The molecular formula is C13H20N4O2. The highest BCUT2D eigenvalue weighted by atomic mass is 16.4. The summed E-state index contributed by atoms with van der Waals surface area (Å²) in [6, 6.07) is 2.49. The van der Waals surface area contributed by atoms with Gasteiger partial charge in [-0.1, -0.05) is 0 Å². The SMILES string of the molecule is CN(CCC(=O)O)c1cc(N(C)C2CCC2)ncn1. The minimum atomic E-state index is -0.798. The van der Waals surface area contributed by atoms with Gasteiger partial charge >= 0.3 is 5.97 Å². The summed E-state index contributed by atoms with van der Waals surface area (Å²) in [5.41, 5.74) is 0. The molecular weight excluding hydrogens is 244 g/mol. The fraction of sp³-hybridized carbons (Fsp3) is 0.615. The van der Waals surface area contributed by atoms with Crippen LogP contribution in [0.2, 0.25) is 0 Å². The van der Waals surface area contributed by atoms with E-state index in [0.717, 1.165) is 11.6 Å². The predicted octanol–water partition coefficient (Wildman–Crippen LogP) is 1.38. The number of hydrogen-bond acceptors (Lipinski definition) is 5. The van der Waals surface area contributed by atoms with Gasteiger partial charge in [-0.15, -0.1) is 0 Å². The average Bonchev–Trinajstić information content (AvgIpc) is 2.34. The Morgan fingerprint density at radius 1 is 1.37 bits per heavy atom. The standard InChI is InChI=1S/C13H20N4O2/c1-16(7-6-13(18)19)11-8-12(15-9-14-11)17(2)10-4-3-5-10/h8-10H,3-7H2,1-2H3,(H,18,19). The van der Waals surface area contributed by atoms with Crippen molar-refractivity contribution in [2.24, 2.45) is 0 Å². The summed E-state index contributed by atoms with van der Waals surface area (Å²) in [5.74, 6) is 0.863. The third kappa shape index (κ3) is 3.33. The first kappa shape index (κ1) is 13.6. The number of nitrogens with zero attached hydrogens (tertiary/aromatic N) is 4. The number of carbonyl (C=O) groups is 1. The topological polar surface area (TPSA) is 69.6 Å². The van der Waals surface area contributed by atoms with Crippen molar-refractivity contribution in [2.45, 2.75) is 31.7 Å². The lowest BCUT2D eigenvalue weighted by Gasteiger charge is -2.35. The van der Waals surface area contributed by atoms with E-state index >= 15 is 0 Å². The van der Waals surface area contributed by atoms with Gasteiger partial charge in [0.25, 0.3) is 0 Å². The molecule has 0 amide bonds. The van der Waals surface area contributed by atoms with Crippen LogP contribution in [0.1, 0.15) is 25.7 Å². The summed E-state index contributed by atoms with van der Waals surface area (Å²) in [6.07, 6.45) is 5.35. The number of hydrogen-bond donors (Lipinski definition) is 1. The molecule has 2 rings (SSSR count). The van der Waals surface area contributed by atoms with Crippen LogP contribution in [0.4, 0.5) is 11.6 Å². The maximum Gasteiger partial charge on any atom is 0.305 e. The fourth-order valence-electron chi connectivity index (χ4n) is 2.08. The quantitative estimate of drug-likeness (QED) is 0.837. The van der Waals surface area contributed by atoms with Gasteiger partial charge in [-0.3, -0.25) is 4.79 Å². The van der Waals surface area contributed by atoms with Gasteiger partial charge in [-0.25, -0.2) is 9.97 Å². The number of rotatable bonds is 6. The molecule has 0 bridgehead atoms. The maximum atomic E-state index is 10.6. The van der Waals surface area contributed by atoms with Crippen LogP contribution in [0, 0.1) is 0 Å². The molecule has 6 nitrogen and oxygen atoms in total. The Morgan fingerprint density at radius 2 is 2.05 bits per heavy atom. The van der Waals surface area contributed by atoms with E-state index in [0.29, 0.717) is 12.6 Å². The zero-order valence-electron chi connectivity index (χ0n) is 11.4. The van der Waals surface area contributed by atoms with Crippen LogP contribution in [0.5, 0.6) is 0 Å². The molecule has 1 saturated carbocycles. The monoisotopic (exact) mass is 264 g/mol. The summed E-state index contributed by atoms with van der Waals surface area (Å²) in [6.45, 7) is 0.443. The van der Waals surface area contributed by atoms with Gasteiger partial charge in [0.15, 0.2) is 0 Å². The number of aromatic nitrogens is 2. The lowest BCUT2D eigenvalue weighted by Crippen LogP contribution is -2.37. The van der Waals surface area contributed by atoms with Crippen LogP contribution in [-0.4, -0.2) is 47.7 Å². The molecule has 0 aromatic carbocycles. The first-order valence-corrected chi connectivity index (χ1v) is 6.55. The summed E-state index contributed by atoms with van der Waals surface area (Å²) < 4.78 is 0. The minimum Gasteiger partial charge on any atom is -0.481 e. The third-order valence-electron chi connectivity index (χ3n) is 3.67. The molecule has 1 N–H and O–H groups in total. The van der Waals surface area contributed by atoms with Crippen molar-refractivity contribution in [3.05, 3.63) is 12.4 Å². The van der Waals surface area contributed by atoms with Gasteiger partial charge in [-0.05, 0) is 19.3 Å². The fourth-order valence-corrected chi connectivity index (χ4v) is 2.08. The number of anilines is 2. The van der Waals surface area contributed by atoms with Crippen LogP contribution in [0.3, 0.4) is 0 Å². The van der Waals surface area contributed by atoms with Gasteiger partial charge in [0.1, 0.15) is 18.0 Å². The molecule has 1 aliphatic rings. The van der Waals surface area contributed by atoms with Crippen molar-refractivity contribution in [1.29, 1.82) is 0 Å². The predicted molar refractivity (Wildman–Crippen MR) is 73.6 cm³/mol. The zero-order chi connectivity index (χ0) is 13.8. The summed E-state index contributed by atoms with van der Waals surface area (Å²) >= 11 is 0. The second-order valence-corrected chi connectivity index (χ2v) is 5.00. The van der Waals surface area contributed by atoms with E-state index in [1.54, 1.807) is 0 Å². The van der Waals surface area contributed by atoms with E-state index in [4.69, 9.17) is 5.11 Å². The highest BCUT2D eigenvalue weighted by molar-refractivity contribution is 5.67. The molecule has 1 heterocycles. The first-order valence-electron chi connectivity index (χ1n) is 6.55. The molecule has 1 aliphatic carbocycles. The molecule has 0 radical (unpaired) electrons. The molecule has 0 spiro atoms. The van der Waals surface area contributed by atoms with E-state index < -0.39 is 5.97 Å². The highest BCUT2D eigenvalue weighted by Gasteiger charge is 2.23. The molecule has 6 heteroatoms.